The first-order valence-electron chi connectivity index (χ1n) is 5.50. The smallest absolute Gasteiger partial charge is 0.251 e. The summed E-state index contributed by atoms with van der Waals surface area (Å²) >= 11 is 5.96. The Labute approximate surface area is 110 Å². The summed E-state index contributed by atoms with van der Waals surface area (Å²) in [4.78, 5) is 0. The lowest BCUT2D eigenvalue weighted by Gasteiger charge is -2.05. The van der Waals surface area contributed by atoms with Gasteiger partial charge in [0.1, 0.15) is 5.75 Å². The van der Waals surface area contributed by atoms with E-state index in [1.54, 1.807) is 25.3 Å². The SMILES string of the molecule is CNC(C)c1nnc(-c2cc(Cl)ccc2OC)o1. The lowest BCUT2D eigenvalue weighted by molar-refractivity contribution is 0.410. The Balaban J connectivity index is 2.42. The molecule has 1 heterocycles. The number of rotatable bonds is 4. The van der Waals surface area contributed by atoms with Crippen molar-refractivity contribution >= 4 is 11.6 Å². The molecule has 6 heteroatoms. The van der Waals surface area contributed by atoms with Crippen LogP contribution in [-0.2, 0) is 0 Å². The zero-order valence-corrected chi connectivity index (χ0v) is 11.2. The largest absolute Gasteiger partial charge is 0.496 e. The number of halogens is 1. The minimum atomic E-state index is -0.00331. The van der Waals surface area contributed by atoms with Gasteiger partial charge in [0.15, 0.2) is 0 Å². The number of benzene rings is 1. The fourth-order valence-electron chi connectivity index (χ4n) is 1.49. The molecule has 0 aliphatic rings. The van der Waals surface area contributed by atoms with Crippen LogP contribution in [-0.4, -0.2) is 24.4 Å². The van der Waals surface area contributed by atoms with Gasteiger partial charge < -0.3 is 14.5 Å². The van der Waals surface area contributed by atoms with Crippen molar-refractivity contribution in [2.75, 3.05) is 14.2 Å². The summed E-state index contributed by atoms with van der Waals surface area (Å²) in [6, 6.07) is 5.25. The highest BCUT2D eigenvalue weighted by molar-refractivity contribution is 6.30. The Morgan fingerprint density at radius 2 is 2.17 bits per heavy atom. The normalized spacial score (nSPS) is 12.4. The van der Waals surface area contributed by atoms with Gasteiger partial charge in [0, 0.05) is 5.02 Å². The summed E-state index contributed by atoms with van der Waals surface area (Å²) in [7, 11) is 3.41. The summed E-state index contributed by atoms with van der Waals surface area (Å²) in [5.41, 5.74) is 0.687. The Hall–Kier alpha value is -1.59. The molecule has 0 aliphatic carbocycles. The van der Waals surface area contributed by atoms with Crippen LogP contribution in [0.4, 0.5) is 0 Å². The van der Waals surface area contributed by atoms with Crippen LogP contribution in [0.5, 0.6) is 5.75 Å². The van der Waals surface area contributed by atoms with E-state index >= 15 is 0 Å². The van der Waals surface area contributed by atoms with Crippen molar-refractivity contribution in [1.82, 2.24) is 15.5 Å². The lowest BCUT2D eigenvalue weighted by atomic mass is 10.2. The molecule has 96 valence electrons. The van der Waals surface area contributed by atoms with E-state index in [9.17, 15) is 0 Å². The van der Waals surface area contributed by atoms with Crippen LogP contribution < -0.4 is 10.1 Å². The average molecular weight is 268 g/mol. The van der Waals surface area contributed by atoms with Crippen molar-refractivity contribution in [2.24, 2.45) is 0 Å². The molecule has 0 radical (unpaired) electrons. The summed E-state index contributed by atoms with van der Waals surface area (Å²) in [5, 5.41) is 11.6. The first kappa shape index (κ1) is 12.9. The van der Waals surface area contributed by atoms with E-state index in [4.69, 9.17) is 20.8 Å². The summed E-state index contributed by atoms with van der Waals surface area (Å²) in [6.07, 6.45) is 0. The van der Waals surface area contributed by atoms with Crippen molar-refractivity contribution in [3.05, 3.63) is 29.1 Å². The number of aromatic nitrogens is 2. The molecule has 2 aromatic rings. The van der Waals surface area contributed by atoms with Gasteiger partial charge in [-0.05, 0) is 32.2 Å². The molecule has 0 fully saturated rings. The predicted molar refractivity (Wildman–Crippen MR) is 68.8 cm³/mol. The molecule has 0 amide bonds. The molecule has 1 aromatic heterocycles. The zero-order chi connectivity index (χ0) is 13.1. The van der Waals surface area contributed by atoms with Gasteiger partial charge in [-0.15, -0.1) is 10.2 Å². The topological polar surface area (TPSA) is 60.2 Å². The van der Waals surface area contributed by atoms with E-state index in [0.29, 0.717) is 28.1 Å². The van der Waals surface area contributed by atoms with Gasteiger partial charge in [0.05, 0.1) is 18.7 Å². The van der Waals surface area contributed by atoms with Crippen LogP contribution in [0.3, 0.4) is 0 Å². The monoisotopic (exact) mass is 267 g/mol. The number of nitrogens with zero attached hydrogens (tertiary/aromatic N) is 2. The molecule has 18 heavy (non-hydrogen) atoms. The maximum atomic E-state index is 5.96. The van der Waals surface area contributed by atoms with Crippen LogP contribution in [0.15, 0.2) is 22.6 Å². The van der Waals surface area contributed by atoms with E-state index in [2.05, 4.69) is 15.5 Å². The van der Waals surface area contributed by atoms with Gasteiger partial charge in [-0.2, -0.15) is 0 Å². The Morgan fingerprint density at radius 3 is 2.83 bits per heavy atom. The fourth-order valence-corrected chi connectivity index (χ4v) is 1.66. The standard InChI is InChI=1S/C12H14ClN3O2/c1-7(14-2)11-15-16-12(18-11)9-6-8(13)4-5-10(9)17-3/h4-7,14H,1-3H3. The van der Waals surface area contributed by atoms with Gasteiger partial charge in [-0.3, -0.25) is 0 Å². The molecule has 0 aliphatic heterocycles. The second-order valence-corrected chi connectivity index (χ2v) is 4.24. The Kier molecular flexibility index (Phi) is 3.84. The van der Waals surface area contributed by atoms with Gasteiger partial charge in [-0.1, -0.05) is 11.6 Å². The third-order valence-corrected chi connectivity index (χ3v) is 2.87. The molecule has 1 aromatic carbocycles. The average Bonchev–Trinajstić information content (AvgIpc) is 2.87. The highest BCUT2D eigenvalue weighted by atomic mass is 35.5. The van der Waals surface area contributed by atoms with Crippen molar-refractivity contribution in [3.8, 4) is 17.2 Å². The third kappa shape index (κ3) is 2.47. The maximum Gasteiger partial charge on any atom is 0.251 e. The number of methoxy groups -OCH3 is 1. The molecule has 0 saturated heterocycles. The maximum absolute atomic E-state index is 5.96. The molecule has 0 bridgehead atoms. The number of hydrogen-bond donors (Lipinski definition) is 1. The number of ether oxygens (including phenoxy) is 1. The highest BCUT2D eigenvalue weighted by Gasteiger charge is 2.16. The highest BCUT2D eigenvalue weighted by Crippen LogP contribution is 2.32. The quantitative estimate of drug-likeness (QED) is 0.923. The fraction of sp³-hybridized carbons (Fsp3) is 0.333. The first-order valence-corrected chi connectivity index (χ1v) is 5.88. The molecular formula is C12H14ClN3O2. The van der Waals surface area contributed by atoms with Crippen molar-refractivity contribution in [2.45, 2.75) is 13.0 Å². The third-order valence-electron chi connectivity index (χ3n) is 2.64. The molecular weight excluding hydrogens is 254 g/mol. The van der Waals surface area contributed by atoms with Gasteiger partial charge >= 0.3 is 0 Å². The van der Waals surface area contributed by atoms with Crippen LogP contribution in [0.2, 0.25) is 5.02 Å². The second kappa shape index (κ2) is 5.37. The summed E-state index contributed by atoms with van der Waals surface area (Å²) < 4.78 is 10.8. The summed E-state index contributed by atoms with van der Waals surface area (Å²) in [6.45, 7) is 1.94. The van der Waals surface area contributed by atoms with Crippen LogP contribution >= 0.6 is 11.6 Å². The summed E-state index contributed by atoms with van der Waals surface area (Å²) in [5.74, 6) is 1.56. The minimum absolute atomic E-state index is 0.00331. The first-order chi connectivity index (χ1) is 8.65. The number of hydrogen-bond acceptors (Lipinski definition) is 5. The Bertz CT molecular complexity index is 542. The molecule has 1 unspecified atom stereocenters. The van der Waals surface area contributed by atoms with Gasteiger partial charge in [0.25, 0.3) is 5.89 Å². The molecule has 5 nitrogen and oxygen atoms in total. The second-order valence-electron chi connectivity index (χ2n) is 3.80. The lowest BCUT2D eigenvalue weighted by Crippen LogP contribution is -2.12. The van der Waals surface area contributed by atoms with Crippen molar-refractivity contribution in [1.29, 1.82) is 0 Å². The van der Waals surface area contributed by atoms with Crippen molar-refractivity contribution in [3.63, 3.8) is 0 Å². The van der Waals surface area contributed by atoms with Crippen LogP contribution in [0, 0.1) is 0 Å². The van der Waals surface area contributed by atoms with Crippen molar-refractivity contribution < 1.29 is 9.15 Å². The van der Waals surface area contributed by atoms with Gasteiger partial charge in [-0.25, -0.2) is 0 Å². The molecule has 0 saturated carbocycles. The van der Waals surface area contributed by atoms with E-state index < -0.39 is 0 Å². The van der Waals surface area contributed by atoms with Crippen LogP contribution in [0.25, 0.3) is 11.5 Å². The zero-order valence-electron chi connectivity index (χ0n) is 10.4. The van der Waals surface area contributed by atoms with E-state index in [0.717, 1.165) is 0 Å². The predicted octanol–water partition coefficient (Wildman–Crippen LogP) is 2.68. The number of nitrogens with one attached hydrogen (secondary N) is 1. The van der Waals surface area contributed by atoms with E-state index in [1.165, 1.54) is 0 Å². The minimum Gasteiger partial charge on any atom is -0.496 e. The van der Waals surface area contributed by atoms with Crippen LogP contribution in [0.1, 0.15) is 18.9 Å². The molecule has 0 spiro atoms. The van der Waals surface area contributed by atoms with E-state index in [-0.39, 0.29) is 6.04 Å². The molecule has 2 rings (SSSR count). The van der Waals surface area contributed by atoms with E-state index in [1.807, 2.05) is 14.0 Å². The van der Waals surface area contributed by atoms with Gasteiger partial charge in [0.2, 0.25) is 5.89 Å². The Morgan fingerprint density at radius 1 is 1.39 bits per heavy atom. The molecule has 1 N–H and O–H groups in total. The molecule has 1 atom stereocenters.